The van der Waals surface area contributed by atoms with Crippen molar-refractivity contribution in [1.29, 1.82) is 0 Å². The van der Waals surface area contributed by atoms with E-state index in [9.17, 15) is 13.5 Å². The zero-order valence-electron chi connectivity index (χ0n) is 8.32. The van der Waals surface area contributed by atoms with Crippen LogP contribution in [0.5, 0.6) is 11.5 Å². The van der Waals surface area contributed by atoms with E-state index >= 15 is 0 Å². The summed E-state index contributed by atoms with van der Waals surface area (Å²) in [6.07, 6.45) is 0. The number of rotatable bonds is 3. The number of ether oxygens (including phenoxy) is 1. The largest absolute Gasteiger partial charge is 0.504 e. The van der Waals surface area contributed by atoms with Gasteiger partial charge in [-0.25, -0.2) is 8.42 Å². The molecule has 0 bridgehead atoms. The number of hydrogen-bond acceptors (Lipinski definition) is 4. The highest BCUT2D eigenvalue weighted by Gasteiger charge is 2.16. The van der Waals surface area contributed by atoms with Crippen molar-refractivity contribution < 1.29 is 18.3 Å². The normalized spacial score (nSPS) is 11.4. The van der Waals surface area contributed by atoms with Gasteiger partial charge >= 0.3 is 0 Å². The summed E-state index contributed by atoms with van der Waals surface area (Å²) in [7, 11) is 2.83. The summed E-state index contributed by atoms with van der Waals surface area (Å²) in [5.74, 6) is -0.277. The van der Waals surface area contributed by atoms with E-state index in [1.807, 2.05) is 0 Å². The number of methoxy groups -OCH3 is 1. The summed E-state index contributed by atoms with van der Waals surface area (Å²) in [6, 6.07) is 3.17. The molecule has 0 fully saturated rings. The third-order valence-corrected chi connectivity index (χ3v) is 2.93. The Bertz CT molecular complexity index is 467. The third-order valence-electron chi connectivity index (χ3n) is 1.95. The Morgan fingerprint density at radius 1 is 1.47 bits per heavy atom. The SMILES string of the molecule is COc1c(CS(=O)(=O)Cl)ccc(C)c1O. The standard InChI is InChI=1S/C9H11ClO4S/c1-6-3-4-7(5-15(10,12)13)9(14-2)8(6)11/h3-4,11H,5H2,1-2H3. The Hall–Kier alpha value is -0.940. The summed E-state index contributed by atoms with van der Waals surface area (Å²) in [6.45, 7) is 1.69. The van der Waals surface area contributed by atoms with Gasteiger partial charge in [-0.2, -0.15) is 0 Å². The molecule has 0 saturated carbocycles. The van der Waals surface area contributed by atoms with Crippen molar-refractivity contribution >= 4 is 19.7 Å². The number of benzene rings is 1. The van der Waals surface area contributed by atoms with E-state index in [-0.39, 0.29) is 17.3 Å². The maximum atomic E-state index is 10.9. The van der Waals surface area contributed by atoms with E-state index < -0.39 is 9.05 Å². The minimum atomic E-state index is -3.66. The molecule has 0 aliphatic carbocycles. The fourth-order valence-corrected chi connectivity index (χ4v) is 2.19. The number of halogens is 1. The van der Waals surface area contributed by atoms with Gasteiger partial charge < -0.3 is 9.84 Å². The molecule has 0 aliphatic rings. The molecule has 0 unspecified atom stereocenters. The Labute approximate surface area is 92.9 Å². The number of phenolic OH excluding ortho intramolecular Hbond substituents is 1. The van der Waals surface area contributed by atoms with Gasteiger partial charge in [-0.15, -0.1) is 0 Å². The fourth-order valence-electron chi connectivity index (χ4n) is 1.24. The second-order valence-corrected chi connectivity index (χ2v) is 5.88. The van der Waals surface area contributed by atoms with Gasteiger partial charge in [0.1, 0.15) is 0 Å². The van der Waals surface area contributed by atoms with Crippen LogP contribution < -0.4 is 4.74 Å². The van der Waals surface area contributed by atoms with Crippen LogP contribution in [0.1, 0.15) is 11.1 Å². The third kappa shape index (κ3) is 3.00. The lowest BCUT2D eigenvalue weighted by atomic mass is 10.1. The van der Waals surface area contributed by atoms with E-state index in [2.05, 4.69) is 0 Å². The molecule has 1 aromatic carbocycles. The van der Waals surface area contributed by atoms with Gasteiger partial charge in [-0.3, -0.25) is 0 Å². The van der Waals surface area contributed by atoms with E-state index in [0.29, 0.717) is 11.1 Å². The van der Waals surface area contributed by atoms with Crippen molar-refractivity contribution in [2.45, 2.75) is 12.7 Å². The first-order chi connectivity index (χ1) is 6.85. The molecular weight excluding hydrogens is 240 g/mol. The zero-order valence-corrected chi connectivity index (χ0v) is 9.89. The van der Waals surface area contributed by atoms with E-state index in [1.54, 1.807) is 19.1 Å². The molecule has 6 heteroatoms. The lowest BCUT2D eigenvalue weighted by Crippen LogP contribution is -1.99. The minimum Gasteiger partial charge on any atom is -0.504 e. The molecule has 0 amide bonds. The Morgan fingerprint density at radius 3 is 2.53 bits per heavy atom. The summed E-state index contributed by atoms with van der Waals surface area (Å²) in [5.41, 5.74) is 0.957. The highest BCUT2D eigenvalue weighted by molar-refractivity contribution is 8.13. The molecule has 0 aliphatic heterocycles. The highest BCUT2D eigenvalue weighted by Crippen LogP contribution is 2.34. The smallest absolute Gasteiger partial charge is 0.236 e. The molecular formula is C9H11ClO4S. The fraction of sp³-hybridized carbons (Fsp3) is 0.333. The maximum absolute atomic E-state index is 10.9. The number of phenols is 1. The van der Waals surface area contributed by atoms with Crippen molar-refractivity contribution in [3.63, 3.8) is 0 Å². The van der Waals surface area contributed by atoms with Gasteiger partial charge in [0.15, 0.2) is 11.5 Å². The molecule has 1 aromatic rings. The van der Waals surface area contributed by atoms with Crippen LogP contribution in [0.15, 0.2) is 12.1 Å². The van der Waals surface area contributed by atoms with Crippen molar-refractivity contribution in [2.75, 3.05) is 7.11 Å². The molecule has 84 valence electrons. The van der Waals surface area contributed by atoms with Gasteiger partial charge in [0.05, 0.1) is 12.9 Å². The number of aryl methyl sites for hydroxylation is 1. The lowest BCUT2D eigenvalue weighted by molar-refractivity contribution is 0.368. The first kappa shape index (κ1) is 12.1. The van der Waals surface area contributed by atoms with E-state index in [0.717, 1.165) is 0 Å². The molecule has 0 aromatic heterocycles. The maximum Gasteiger partial charge on any atom is 0.236 e. The van der Waals surface area contributed by atoms with Gasteiger partial charge in [0, 0.05) is 16.2 Å². The highest BCUT2D eigenvalue weighted by atomic mass is 35.7. The molecule has 15 heavy (non-hydrogen) atoms. The van der Waals surface area contributed by atoms with Crippen molar-refractivity contribution in [3.05, 3.63) is 23.3 Å². The molecule has 0 radical (unpaired) electrons. The molecule has 0 spiro atoms. The average Bonchev–Trinajstić information content (AvgIpc) is 2.10. The molecule has 1 N–H and O–H groups in total. The van der Waals surface area contributed by atoms with Crippen LogP contribution in [0, 0.1) is 6.92 Å². The van der Waals surface area contributed by atoms with Gasteiger partial charge in [0.2, 0.25) is 9.05 Å². The van der Waals surface area contributed by atoms with Gasteiger partial charge in [-0.1, -0.05) is 12.1 Å². The van der Waals surface area contributed by atoms with Crippen LogP contribution in [-0.2, 0) is 14.8 Å². The lowest BCUT2D eigenvalue weighted by Gasteiger charge is -2.10. The van der Waals surface area contributed by atoms with Crippen LogP contribution >= 0.6 is 10.7 Å². The minimum absolute atomic E-state index is 0.0599. The average molecular weight is 251 g/mol. The summed E-state index contributed by atoms with van der Waals surface area (Å²) in [4.78, 5) is 0. The van der Waals surface area contributed by atoms with Crippen molar-refractivity contribution in [2.24, 2.45) is 0 Å². The topological polar surface area (TPSA) is 63.6 Å². The predicted molar refractivity (Wildman–Crippen MR) is 57.9 cm³/mol. The Morgan fingerprint density at radius 2 is 2.07 bits per heavy atom. The summed E-state index contributed by atoms with van der Waals surface area (Å²) in [5, 5.41) is 9.61. The summed E-state index contributed by atoms with van der Waals surface area (Å²) < 4.78 is 26.7. The van der Waals surface area contributed by atoms with Crippen LogP contribution in [0.3, 0.4) is 0 Å². The first-order valence-corrected chi connectivity index (χ1v) is 6.60. The van der Waals surface area contributed by atoms with Gasteiger partial charge in [0.25, 0.3) is 0 Å². The number of aromatic hydroxyl groups is 1. The van der Waals surface area contributed by atoms with Crippen LogP contribution in [0.4, 0.5) is 0 Å². The number of hydrogen-bond donors (Lipinski definition) is 1. The second-order valence-electron chi connectivity index (χ2n) is 3.11. The van der Waals surface area contributed by atoms with Crippen LogP contribution in [0.25, 0.3) is 0 Å². The molecule has 0 saturated heterocycles. The molecule has 0 atom stereocenters. The predicted octanol–water partition coefficient (Wildman–Crippen LogP) is 1.78. The zero-order chi connectivity index (χ0) is 11.6. The summed E-state index contributed by atoms with van der Waals surface area (Å²) >= 11 is 0. The Balaban J connectivity index is 3.25. The van der Waals surface area contributed by atoms with E-state index in [1.165, 1.54) is 7.11 Å². The monoisotopic (exact) mass is 250 g/mol. The Kier molecular flexibility index (Phi) is 3.46. The molecule has 0 heterocycles. The van der Waals surface area contributed by atoms with E-state index in [4.69, 9.17) is 15.4 Å². The van der Waals surface area contributed by atoms with Crippen LogP contribution in [0.2, 0.25) is 0 Å². The van der Waals surface area contributed by atoms with Crippen LogP contribution in [-0.4, -0.2) is 20.6 Å². The quantitative estimate of drug-likeness (QED) is 0.831. The van der Waals surface area contributed by atoms with Gasteiger partial charge in [-0.05, 0) is 12.5 Å². The van der Waals surface area contributed by atoms with Crippen molar-refractivity contribution in [3.8, 4) is 11.5 Å². The molecule has 4 nitrogen and oxygen atoms in total. The van der Waals surface area contributed by atoms with Crippen molar-refractivity contribution in [1.82, 2.24) is 0 Å². The second kappa shape index (κ2) is 4.28. The molecule has 1 rings (SSSR count). The first-order valence-electron chi connectivity index (χ1n) is 4.13.